The van der Waals surface area contributed by atoms with E-state index in [4.69, 9.17) is 0 Å². The van der Waals surface area contributed by atoms with Crippen molar-refractivity contribution in [1.29, 1.82) is 0 Å². The Morgan fingerprint density at radius 3 is 2.71 bits per heavy atom. The van der Waals surface area contributed by atoms with Gasteiger partial charge < -0.3 is 15.3 Å². The van der Waals surface area contributed by atoms with Crippen molar-refractivity contribution in [2.45, 2.75) is 52.5 Å². The van der Waals surface area contributed by atoms with Crippen LogP contribution in [0.4, 0.5) is 5.69 Å². The number of aliphatic hydroxyl groups excluding tert-OH is 1. The predicted molar refractivity (Wildman–Crippen MR) is 94.9 cm³/mol. The van der Waals surface area contributed by atoms with E-state index in [0.717, 1.165) is 25.8 Å². The molecule has 0 radical (unpaired) electrons. The molecule has 1 aliphatic rings. The molecule has 1 atom stereocenters. The highest BCUT2D eigenvalue weighted by Crippen LogP contribution is 2.23. The third-order valence-corrected chi connectivity index (χ3v) is 4.40. The normalized spacial score (nSPS) is 18.3. The van der Waals surface area contributed by atoms with E-state index in [1.165, 1.54) is 0 Å². The second kappa shape index (κ2) is 7.79. The van der Waals surface area contributed by atoms with E-state index < -0.39 is 5.41 Å². The van der Waals surface area contributed by atoms with E-state index in [1.807, 2.05) is 25.7 Å². The standard InChI is InChI=1S/C19H28N2O3/c1-19(2,3)18(24)20-15-8-6-7-14(13-15)17(23)21-11-5-4-9-16(21)10-12-22/h6-8,13,16,22H,4-5,9-12H2,1-3H3,(H,20,24). The number of anilines is 1. The third-order valence-electron chi connectivity index (χ3n) is 4.40. The second-order valence-electron chi connectivity index (χ2n) is 7.45. The molecule has 1 aromatic carbocycles. The molecule has 1 saturated heterocycles. The van der Waals surface area contributed by atoms with Crippen LogP contribution in [-0.4, -0.2) is 41.0 Å². The number of nitrogens with one attached hydrogen (secondary N) is 1. The topological polar surface area (TPSA) is 69.6 Å². The summed E-state index contributed by atoms with van der Waals surface area (Å²) in [5.74, 6) is -0.108. The van der Waals surface area contributed by atoms with E-state index in [0.29, 0.717) is 17.7 Å². The number of hydrogen-bond donors (Lipinski definition) is 2. The number of carbonyl (C=O) groups excluding carboxylic acids is 2. The Labute approximate surface area is 144 Å². The first-order valence-corrected chi connectivity index (χ1v) is 8.66. The fraction of sp³-hybridized carbons (Fsp3) is 0.579. The highest BCUT2D eigenvalue weighted by Gasteiger charge is 2.27. The number of rotatable bonds is 4. The van der Waals surface area contributed by atoms with Crippen LogP contribution in [0.25, 0.3) is 0 Å². The molecule has 1 fully saturated rings. The van der Waals surface area contributed by atoms with E-state index >= 15 is 0 Å². The quantitative estimate of drug-likeness (QED) is 0.890. The van der Waals surface area contributed by atoms with Crippen molar-refractivity contribution < 1.29 is 14.7 Å². The smallest absolute Gasteiger partial charge is 0.254 e. The fourth-order valence-electron chi connectivity index (χ4n) is 2.93. The highest BCUT2D eigenvalue weighted by atomic mass is 16.3. The average molecular weight is 332 g/mol. The van der Waals surface area contributed by atoms with Gasteiger partial charge in [0.2, 0.25) is 5.91 Å². The second-order valence-corrected chi connectivity index (χ2v) is 7.45. The Morgan fingerprint density at radius 2 is 2.04 bits per heavy atom. The van der Waals surface area contributed by atoms with Gasteiger partial charge in [0.25, 0.3) is 5.91 Å². The summed E-state index contributed by atoms with van der Waals surface area (Å²) in [6.07, 6.45) is 3.64. The van der Waals surface area contributed by atoms with Gasteiger partial charge in [-0.1, -0.05) is 26.8 Å². The molecule has 0 aliphatic carbocycles. The van der Waals surface area contributed by atoms with Crippen LogP contribution in [0, 0.1) is 5.41 Å². The number of benzene rings is 1. The van der Waals surface area contributed by atoms with Gasteiger partial charge in [-0.2, -0.15) is 0 Å². The Bertz CT molecular complexity index is 591. The molecule has 0 saturated carbocycles. The summed E-state index contributed by atoms with van der Waals surface area (Å²) in [7, 11) is 0. The number of aliphatic hydroxyl groups is 1. The predicted octanol–water partition coefficient (Wildman–Crippen LogP) is 3.05. The minimum Gasteiger partial charge on any atom is -0.396 e. The Morgan fingerprint density at radius 1 is 1.29 bits per heavy atom. The first-order valence-electron chi connectivity index (χ1n) is 8.66. The van der Waals surface area contributed by atoms with Gasteiger partial charge in [0.05, 0.1) is 0 Å². The van der Waals surface area contributed by atoms with Crippen molar-refractivity contribution in [2.75, 3.05) is 18.5 Å². The molecule has 0 bridgehead atoms. The van der Waals surface area contributed by atoms with Crippen LogP contribution in [0.1, 0.15) is 56.8 Å². The van der Waals surface area contributed by atoms with Gasteiger partial charge in [0, 0.05) is 35.9 Å². The molecule has 2 rings (SSSR count). The van der Waals surface area contributed by atoms with Gasteiger partial charge in [0.1, 0.15) is 0 Å². The molecule has 2 amide bonds. The Hall–Kier alpha value is -1.88. The molecule has 1 unspecified atom stereocenters. The minimum atomic E-state index is -0.487. The summed E-state index contributed by atoms with van der Waals surface area (Å²) in [4.78, 5) is 26.8. The highest BCUT2D eigenvalue weighted by molar-refractivity contribution is 5.98. The lowest BCUT2D eigenvalue weighted by atomic mass is 9.95. The number of nitrogens with zero attached hydrogens (tertiary/aromatic N) is 1. The molecular formula is C19H28N2O3. The summed E-state index contributed by atoms with van der Waals surface area (Å²) >= 11 is 0. The maximum Gasteiger partial charge on any atom is 0.254 e. The van der Waals surface area contributed by atoms with Crippen LogP contribution in [-0.2, 0) is 4.79 Å². The summed E-state index contributed by atoms with van der Waals surface area (Å²) in [6, 6.07) is 7.19. The van der Waals surface area contributed by atoms with Crippen molar-refractivity contribution in [3.63, 3.8) is 0 Å². The first kappa shape index (κ1) is 18.5. The molecule has 5 heteroatoms. The third kappa shape index (κ3) is 4.57. The lowest BCUT2D eigenvalue weighted by Gasteiger charge is -2.35. The molecule has 24 heavy (non-hydrogen) atoms. The number of hydrogen-bond acceptors (Lipinski definition) is 3. The molecule has 132 valence electrons. The van der Waals surface area contributed by atoms with E-state index in [2.05, 4.69) is 5.32 Å². The lowest BCUT2D eigenvalue weighted by molar-refractivity contribution is -0.123. The number of piperidine rings is 1. The van der Waals surface area contributed by atoms with Crippen molar-refractivity contribution in [1.82, 2.24) is 4.90 Å². The zero-order valence-corrected chi connectivity index (χ0v) is 14.8. The summed E-state index contributed by atoms with van der Waals surface area (Å²) in [5.41, 5.74) is 0.724. The largest absolute Gasteiger partial charge is 0.396 e. The minimum absolute atomic E-state index is 0.0278. The summed E-state index contributed by atoms with van der Waals surface area (Å²) < 4.78 is 0. The van der Waals surface area contributed by atoms with Crippen molar-refractivity contribution >= 4 is 17.5 Å². The van der Waals surface area contributed by atoms with Crippen LogP contribution >= 0.6 is 0 Å². The molecule has 0 aromatic heterocycles. The fourth-order valence-corrected chi connectivity index (χ4v) is 2.93. The maximum absolute atomic E-state index is 12.9. The van der Waals surface area contributed by atoms with Gasteiger partial charge in [-0.15, -0.1) is 0 Å². The Kier molecular flexibility index (Phi) is 5.99. The summed E-state index contributed by atoms with van der Waals surface area (Å²) in [6.45, 7) is 6.37. The summed E-state index contributed by atoms with van der Waals surface area (Å²) in [5, 5.41) is 12.1. The molecule has 1 aliphatic heterocycles. The lowest BCUT2D eigenvalue weighted by Crippen LogP contribution is -2.44. The SMILES string of the molecule is CC(C)(C)C(=O)Nc1cccc(C(=O)N2CCCCC2CCO)c1. The number of carbonyl (C=O) groups is 2. The van der Waals surface area contributed by atoms with Gasteiger partial charge in [-0.25, -0.2) is 0 Å². The van der Waals surface area contributed by atoms with E-state index in [9.17, 15) is 14.7 Å². The molecule has 5 nitrogen and oxygen atoms in total. The molecule has 1 heterocycles. The zero-order chi connectivity index (χ0) is 17.7. The van der Waals surface area contributed by atoms with Crippen LogP contribution in [0.3, 0.4) is 0 Å². The number of likely N-dealkylation sites (tertiary alicyclic amines) is 1. The van der Waals surface area contributed by atoms with E-state index in [-0.39, 0.29) is 24.5 Å². The van der Waals surface area contributed by atoms with Crippen LogP contribution in [0.2, 0.25) is 0 Å². The average Bonchev–Trinajstić information content (AvgIpc) is 2.54. The van der Waals surface area contributed by atoms with Gasteiger partial charge in [0.15, 0.2) is 0 Å². The Balaban J connectivity index is 2.15. The molecule has 0 spiro atoms. The molecule has 2 N–H and O–H groups in total. The molecule has 1 aromatic rings. The first-order chi connectivity index (χ1) is 11.3. The van der Waals surface area contributed by atoms with Crippen molar-refractivity contribution in [3.8, 4) is 0 Å². The van der Waals surface area contributed by atoms with Crippen molar-refractivity contribution in [3.05, 3.63) is 29.8 Å². The maximum atomic E-state index is 12.9. The van der Waals surface area contributed by atoms with E-state index in [1.54, 1.807) is 24.3 Å². The van der Waals surface area contributed by atoms with Gasteiger partial charge in [-0.05, 0) is 43.9 Å². The van der Waals surface area contributed by atoms with Crippen molar-refractivity contribution in [2.24, 2.45) is 5.41 Å². The zero-order valence-electron chi connectivity index (χ0n) is 14.8. The monoisotopic (exact) mass is 332 g/mol. The van der Waals surface area contributed by atoms with Crippen LogP contribution in [0.5, 0.6) is 0 Å². The van der Waals surface area contributed by atoms with Crippen LogP contribution < -0.4 is 5.32 Å². The number of amides is 2. The van der Waals surface area contributed by atoms with Gasteiger partial charge in [-0.3, -0.25) is 9.59 Å². The van der Waals surface area contributed by atoms with Crippen LogP contribution in [0.15, 0.2) is 24.3 Å². The van der Waals surface area contributed by atoms with Gasteiger partial charge >= 0.3 is 0 Å². The molecular weight excluding hydrogens is 304 g/mol.